The van der Waals surface area contributed by atoms with E-state index < -0.39 is 12.1 Å². The molecule has 0 aliphatic rings. The minimum absolute atomic E-state index is 0.0265. The summed E-state index contributed by atoms with van der Waals surface area (Å²) in [5, 5.41) is 9.15. The Morgan fingerprint density at radius 2 is 1.95 bits per heavy atom. The number of benzene rings is 1. The third kappa shape index (κ3) is 3.96. The van der Waals surface area contributed by atoms with Crippen molar-refractivity contribution in [2.75, 3.05) is 13.1 Å². The van der Waals surface area contributed by atoms with Gasteiger partial charge in [0.15, 0.2) is 6.10 Å². The number of amides is 1. The summed E-state index contributed by atoms with van der Waals surface area (Å²) in [6.07, 6.45) is -0.728. The zero-order valence-electron chi connectivity index (χ0n) is 11.7. The van der Waals surface area contributed by atoms with Crippen molar-refractivity contribution in [2.45, 2.75) is 26.9 Å². The maximum absolute atomic E-state index is 12.1. The number of halogens is 1. The number of likely N-dealkylation sites (N-methyl/N-ethyl adjacent to an activating group) is 1. The summed E-state index contributed by atoms with van der Waals surface area (Å²) >= 11 is 3.21. The van der Waals surface area contributed by atoms with Crippen molar-refractivity contribution in [2.24, 2.45) is 0 Å². The molecule has 0 heterocycles. The van der Waals surface area contributed by atoms with Crippen LogP contribution >= 0.6 is 15.9 Å². The Hall–Kier alpha value is -1.56. The number of nitrogens with zero attached hydrogens (tertiary/aromatic N) is 1. The fourth-order valence-electron chi connectivity index (χ4n) is 1.81. The molecule has 1 rings (SSSR count). The van der Waals surface area contributed by atoms with Crippen LogP contribution in [0.5, 0.6) is 5.75 Å². The van der Waals surface area contributed by atoms with E-state index >= 15 is 0 Å². The molecular weight excluding hydrogens is 326 g/mol. The van der Waals surface area contributed by atoms with Gasteiger partial charge in [-0.2, -0.15) is 0 Å². The van der Waals surface area contributed by atoms with Gasteiger partial charge in [-0.1, -0.05) is 15.9 Å². The fraction of sp³-hybridized carbons (Fsp3) is 0.429. The predicted molar refractivity (Wildman–Crippen MR) is 79.1 cm³/mol. The quantitative estimate of drug-likeness (QED) is 0.862. The Kier molecular flexibility index (Phi) is 6.01. The highest BCUT2D eigenvalue weighted by molar-refractivity contribution is 9.10. The Balaban J connectivity index is 2.93. The number of hydrogen-bond acceptors (Lipinski definition) is 3. The number of carboxylic acid groups (broad SMARTS) is 1. The number of rotatable bonds is 6. The lowest BCUT2D eigenvalue weighted by atomic mass is 10.2. The second-order valence-electron chi connectivity index (χ2n) is 4.22. The van der Waals surface area contributed by atoms with Crippen LogP contribution in [0.25, 0.3) is 0 Å². The van der Waals surface area contributed by atoms with Gasteiger partial charge in [0.1, 0.15) is 11.3 Å². The highest BCUT2D eigenvalue weighted by Crippen LogP contribution is 2.24. The third-order valence-electron chi connectivity index (χ3n) is 2.90. The van der Waals surface area contributed by atoms with Crippen LogP contribution in [0.4, 0.5) is 0 Å². The predicted octanol–water partition coefficient (Wildman–Crippen LogP) is 2.78. The molecule has 20 heavy (non-hydrogen) atoms. The van der Waals surface area contributed by atoms with Gasteiger partial charge in [0, 0.05) is 17.6 Å². The number of aromatic carboxylic acids is 1. The zero-order valence-corrected chi connectivity index (χ0v) is 13.3. The number of hydrogen-bond donors (Lipinski definition) is 1. The summed E-state index contributed by atoms with van der Waals surface area (Å²) in [5.74, 6) is -1.06. The van der Waals surface area contributed by atoms with Gasteiger partial charge in [0.05, 0.1) is 0 Å². The van der Waals surface area contributed by atoms with E-state index in [0.717, 1.165) is 0 Å². The van der Waals surface area contributed by atoms with Crippen molar-refractivity contribution >= 4 is 27.8 Å². The maximum Gasteiger partial charge on any atom is 0.339 e. The smallest absolute Gasteiger partial charge is 0.339 e. The van der Waals surface area contributed by atoms with Gasteiger partial charge in [-0.15, -0.1) is 0 Å². The van der Waals surface area contributed by atoms with E-state index in [4.69, 9.17) is 9.84 Å². The molecule has 1 aromatic carbocycles. The van der Waals surface area contributed by atoms with Crippen molar-refractivity contribution in [1.29, 1.82) is 0 Å². The average Bonchev–Trinajstić information content (AvgIpc) is 2.41. The van der Waals surface area contributed by atoms with E-state index in [-0.39, 0.29) is 17.2 Å². The van der Waals surface area contributed by atoms with Crippen LogP contribution in [0.2, 0.25) is 0 Å². The molecule has 0 saturated carbocycles. The van der Waals surface area contributed by atoms with E-state index in [1.165, 1.54) is 6.07 Å². The first-order chi connectivity index (χ1) is 9.40. The number of carboxylic acids is 1. The van der Waals surface area contributed by atoms with Crippen LogP contribution in [-0.2, 0) is 4.79 Å². The lowest BCUT2D eigenvalue weighted by Gasteiger charge is -2.23. The first-order valence-corrected chi connectivity index (χ1v) is 7.18. The highest BCUT2D eigenvalue weighted by Gasteiger charge is 2.22. The number of carbonyl (C=O) groups excluding carboxylic acids is 1. The second-order valence-corrected chi connectivity index (χ2v) is 5.13. The summed E-state index contributed by atoms with van der Waals surface area (Å²) in [4.78, 5) is 24.9. The Labute approximate surface area is 126 Å². The Morgan fingerprint density at radius 1 is 1.35 bits per heavy atom. The van der Waals surface area contributed by atoms with E-state index in [2.05, 4.69) is 15.9 Å². The Bertz CT molecular complexity index is 500. The van der Waals surface area contributed by atoms with Gasteiger partial charge in [-0.3, -0.25) is 4.79 Å². The summed E-state index contributed by atoms with van der Waals surface area (Å²) in [6, 6.07) is 4.67. The minimum Gasteiger partial charge on any atom is -0.480 e. The van der Waals surface area contributed by atoms with Gasteiger partial charge >= 0.3 is 5.97 Å². The summed E-state index contributed by atoms with van der Waals surface area (Å²) in [7, 11) is 0. The first kappa shape index (κ1) is 16.5. The highest BCUT2D eigenvalue weighted by atomic mass is 79.9. The molecule has 0 aliphatic carbocycles. The van der Waals surface area contributed by atoms with Gasteiger partial charge in [0.2, 0.25) is 0 Å². The van der Waals surface area contributed by atoms with Crippen molar-refractivity contribution < 1.29 is 19.4 Å². The Morgan fingerprint density at radius 3 is 2.45 bits per heavy atom. The molecule has 6 heteroatoms. The summed E-state index contributed by atoms with van der Waals surface area (Å²) in [5.41, 5.74) is 0.0265. The second kappa shape index (κ2) is 7.28. The van der Waals surface area contributed by atoms with Crippen LogP contribution in [0.15, 0.2) is 22.7 Å². The van der Waals surface area contributed by atoms with E-state index in [9.17, 15) is 9.59 Å². The summed E-state index contributed by atoms with van der Waals surface area (Å²) in [6.45, 7) is 6.57. The topological polar surface area (TPSA) is 66.8 Å². The molecule has 0 bridgehead atoms. The molecule has 0 spiro atoms. The van der Waals surface area contributed by atoms with Crippen molar-refractivity contribution in [3.8, 4) is 5.75 Å². The largest absolute Gasteiger partial charge is 0.480 e. The standard InChI is InChI=1S/C14H18BrNO4/c1-4-16(5-2)13(17)9(3)20-12-7-6-10(15)8-11(12)14(18)19/h6-9H,4-5H2,1-3H3,(H,18,19). The van der Waals surface area contributed by atoms with Gasteiger partial charge in [-0.25, -0.2) is 4.79 Å². The molecular formula is C14H18BrNO4. The van der Waals surface area contributed by atoms with Crippen LogP contribution < -0.4 is 4.74 Å². The van der Waals surface area contributed by atoms with Crippen molar-refractivity contribution in [3.05, 3.63) is 28.2 Å². The monoisotopic (exact) mass is 343 g/mol. The fourth-order valence-corrected chi connectivity index (χ4v) is 2.17. The molecule has 5 nitrogen and oxygen atoms in total. The normalized spacial score (nSPS) is 11.8. The molecule has 1 N–H and O–H groups in total. The minimum atomic E-state index is -1.09. The SMILES string of the molecule is CCN(CC)C(=O)C(C)Oc1ccc(Br)cc1C(=O)O. The van der Waals surface area contributed by atoms with Gasteiger partial charge in [0.25, 0.3) is 5.91 Å². The number of ether oxygens (including phenoxy) is 1. The summed E-state index contributed by atoms with van der Waals surface area (Å²) < 4.78 is 6.16. The van der Waals surface area contributed by atoms with E-state index in [1.807, 2.05) is 13.8 Å². The lowest BCUT2D eigenvalue weighted by molar-refractivity contribution is -0.137. The van der Waals surface area contributed by atoms with E-state index in [0.29, 0.717) is 17.6 Å². The molecule has 1 unspecified atom stereocenters. The van der Waals surface area contributed by atoms with Gasteiger partial charge < -0.3 is 14.7 Å². The molecule has 0 fully saturated rings. The average molecular weight is 344 g/mol. The van der Waals surface area contributed by atoms with Gasteiger partial charge in [-0.05, 0) is 39.0 Å². The van der Waals surface area contributed by atoms with Crippen LogP contribution in [0.1, 0.15) is 31.1 Å². The zero-order chi connectivity index (χ0) is 15.3. The third-order valence-corrected chi connectivity index (χ3v) is 3.39. The first-order valence-electron chi connectivity index (χ1n) is 6.38. The van der Waals surface area contributed by atoms with Crippen LogP contribution in [-0.4, -0.2) is 41.1 Å². The van der Waals surface area contributed by atoms with Crippen LogP contribution in [0.3, 0.4) is 0 Å². The number of carbonyl (C=O) groups is 2. The molecule has 0 saturated heterocycles. The molecule has 1 aromatic rings. The molecule has 1 atom stereocenters. The molecule has 1 amide bonds. The van der Waals surface area contributed by atoms with Crippen molar-refractivity contribution in [3.63, 3.8) is 0 Å². The molecule has 0 aromatic heterocycles. The molecule has 0 aliphatic heterocycles. The lowest BCUT2D eigenvalue weighted by Crippen LogP contribution is -2.40. The van der Waals surface area contributed by atoms with Crippen molar-refractivity contribution in [1.82, 2.24) is 4.90 Å². The molecule has 0 radical (unpaired) electrons. The maximum atomic E-state index is 12.1. The van der Waals surface area contributed by atoms with Crippen LogP contribution in [0, 0.1) is 0 Å². The van der Waals surface area contributed by atoms with E-state index in [1.54, 1.807) is 24.0 Å². The molecule has 110 valence electrons.